The number of ether oxygens (including phenoxy) is 1. The Balaban J connectivity index is 2.43. The molecule has 0 aliphatic heterocycles. The molecule has 1 aromatic heterocycles. The SMILES string of the molecule is COc1ccccc1Nc1cc(C(F)(F)F)nc(NC(C)(C)C)n1. The van der Waals surface area contributed by atoms with E-state index in [1.54, 1.807) is 24.3 Å². The van der Waals surface area contributed by atoms with Crippen LogP contribution in [0.4, 0.5) is 30.6 Å². The van der Waals surface area contributed by atoms with E-state index >= 15 is 0 Å². The summed E-state index contributed by atoms with van der Waals surface area (Å²) in [7, 11) is 1.48. The molecule has 1 heterocycles. The number of alkyl halides is 3. The minimum Gasteiger partial charge on any atom is -0.495 e. The molecule has 0 bridgehead atoms. The third kappa shape index (κ3) is 4.74. The molecule has 0 saturated carbocycles. The molecular formula is C16H19F3N4O. The Kier molecular flexibility index (Phi) is 4.86. The van der Waals surface area contributed by atoms with Crippen molar-refractivity contribution >= 4 is 17.5 Å². The highest BCUT2D eigenvalue weighted by atomic mass is 19.4. The fourth-order valence-electron chi connectivity index (χ4n) is 1.93. The summed E-state index contributed by atoms with van der Waals surface area (Å²) in [5.74, 6) is 0.415. The highest BCUT2D eigenvalue weighted by Crippen LogP contribution is 2.32. The monoisotopic (exact) mass is 340 g/mol. The van der Waals surface area contributed by atoms with Gasteiger partial charge in [0.15, 0.2) is 5.69 Å². The van der Waals surface area contributed by atoms with E-state index in [1.165, 1.54) is 7.11 Å². The van der Waals surface area contributed by atoms with E-state index in [2.05, 4.69) is 20.6 Å². The average Bonchev–Trinajstić information content (AvgIpc) is 2.45. The van der Waals surface area contributed by atoms with Gasteiger partial charge < -0.3 is 15.4 Å². The van der Waals surface area contributed by atoms with Gasteiger partial charge in [-0.1, -0.05) is 12.1 Å². The highest BCUT2D eigenvalue weighted by molar-refractivity contribution is 5.64. The number of halogens is 3. The Morgan fingerprint density at radius 2 is 1.71 bits per heavy atom. The van der Waals surface area contributed by atoms with Crippen LogP contribution in [0, 0.1) is 0 Å². The van der Waals surface area contributed by atoms with Crippen molar-refractivity contribution in [1.29, 1.82) is 0 Å². The van der Waals surface area contributed by atoms with Gasteiger partial charge in [0.1, 0.15) is 11.6 Å². The van der Waals surface area contributed by atoms with Crippen molar-refractivity contribution in [2.24, 2.45) is 0 Å². The van der Waals surface area contributed by atoms with Crippen LogP contribution >= 0.6 is 0 Å². The maximum Gasteiger partial charge on any atom is 0.433 e. The van der Waals surface area contributed by atoms with E-state index in [4.69, 9.17) is 4.74 Å². The molecule has 0 saturated heterocycles. The lowest BCUT2D eigenvalue weighted by Crippen LogP contribution is -2.28. The number of aromatic nitrogens is 2. The van der Waals surface area contributed by atoms with Gasteiger partial charge in [0.25, 0.3) is 0 Å². The van der Waals surface area contributed by atoms with E-state index in [-0.39, 0.29) is 11.8 Å². The normalized spacial score (nSPS) is 12.0. The molecule has 24 heavy (non-hydrogen) atoms. The van der Waals surface area contributed by atoms with Gasteiger partial charge >= 0.3 is 6.18 Å². The summed E-state index contributed by atoms with van der Waals surface area (Å²) in [5, 5.41) is 5.70. The number of anilines is 3. The maximum absolute atomic E-state index is 13.1. The summed E-state index contributed by atoms with van der Waals surface area (Å²) < 4.78 is 44.5. The number of rotatable bonds is 4. The topological polar surface area (TPSA) is 59.1 Å². The summed E-state index contributed by atoms with van der Waals surface area (Å²) in [5.41, 5.74) is -0.999. The van der Waals surface area contributed by atoms with Gasteiger partial charge in [0.05, 0.1) is 12.8 Å². The molecule has 5 nitrogen and oxygen atoms in total. The Morgan fingerprint density at radius 3 is 2.29 bits per heavy atom. The Bertz CT molecular complexity index is 711. The lowest BCUT2D eigenvalue weighted by molar-refractivity contribution is -0.141. The first-order valence-electron chi connectivity index (χ1n) is 7.23. The first-order chi connectivity index (χ1) is 11.1. The van der Waals surface area contributed by atoms with E-state index < -0.39 is 17.4 Å². The van der Waals surface area contributed by atoms with Crippen LogP contribution in [-0.2, 0) is 6.18 Å². The van der Waals surface area contributed by atoms with Gasteiger partial charge in [0, 0.05) is 11.6 Å². The second-order valence-electron chi connectivity index (χ2n) is 6.16. The van der Waals surface area contributed by atoms with Crippen LogP contribution in [0.25, 0.3) is 0 Å². The number of nitrogens with zero attached hydrogens (tertiary/aromatic N) is 2. The summed E-state index contributed by atoms with van der Waals surface area (Å²) >= 11 is 0. The molecule has 1 aromatic carbocycles. The van der Waals surface area contributed by atoms with Crippen LogP contribution in [0.3, 0.4) is 0 Å². The number of para-hydroxylation sites is 2. The second kappa shape index (κ2) is 6.54. The predicted octanol–water partition coefficient (Wildman–Crippen LogP) is 4.46. The summed E-state index contributed by atoms with van der Waals surface area (Å²) in [4.78, 5) is 7.67. The molecule has 0 unspecified atom stereocenters. The largest absolute Gasteiger partial charge is 0.495 e. The molecule has 0 radical (unpaired) electrons. The smallest absolute Gasteiger partial charge is 0.433 e. The van der Waals surface area contributed by atoms with Crippen LogP contribution in [0.1, 0.15) is 26.5 Å². The minimum atomic E-state index is -4.57. The number of hydrogen-bond acceptors (Lipinski definition) is 5. The summed E-state index contributed by atoms with van der Waals surface area (Å²) in [6.07, 6.45) is -4.57. The molecule has 2 rings (SSSR count). The van der Waals surface area contributed by atoms with Gasteiger partial charge in [-0.2, -0.15) is 18.2 Å². The van der Waals surface area contributed by atoms with E-state index in [0.29, 0.717) is 11.4 Å². The van der Waals surface area contributed by atoms with Crippen LogP contribution in [-0.4, -0.2) is 22.6 Å². The molecule has 130 valence electrons. The molecule has 8 heteroatoms. The van der Waals surface area contributed by atoms with Gasteiger partial charge in [-0.25, -0.2) is 4.98 Å². The maximum atomic E-state index is 13.1. The van der Waals surface area contributed by atoms with Crippen molar-refractivity contribution in [2.75, 3.05) is 17.7 Å². The quantitative estimate of drug-likeness (QED) is 0.861. The first-order valence-corrected chi connectivity index (χ1v) is 7.23. The van der Waals surface area contributed by atoms with Crippen LogP contribution in [0.2, 0.25) is 0 Å². The van der Waals surface area contributed by atoms with E-state index in [1.807, 2.05) is 20.8 Å². The first kappa shape index (κ1) is 17.8. The highest BCUT2D eigenvalue weighted by Gasteiger charge is 2.34. The second-order valence-corrected chi connectivity index (χ2v) is 6.16. The molecule has 0 aliphatic rings. The number of methoxy groups -OCH3 is 1. The molecule has 0 atom stereocenters. The third-order valence-electron chi connectivity index (χ3n) is 2.87. The number of nitrogens with one attached hydrogen (secondary N) is 2. The van der Waals surface area contributed by atoms with Crippen LogP contribution in [0.5, 0.6) is 5.75 Å². The standard InChI is InChI=1S/C16H19F3N4O/c1-15(2,3)23-14-21-12(16(17,18)19)9-13(22-14)20-10-7-5-6-8-11(10)24-4/h5-9H,1-4H3,(H2,20,21,22,23). The molecule has 0 aliphatic carbocycles. The van der Waals surface area contributed by atoms with Gasteiger partial charge in [-0.05, 0) is 32.9 Å². The van der Waals surface area contributed by atoms with Gasteiger partial charge in [-0.3, -0.25) is 0 Å². The van der Waals surface area contributed by atoms with Gasteiger partial charge in [-0.15, -0.1) is 0 Å². The molecule has 0 spiro atoms. The van der Waals surface area contributed by atoms with Gasteiger partial charge in [0.2, 0.25) is 5.95 Å². The molecule has 0 amide bonds. The number of hydrogen-bond donors (Lipinski definition) is 2. The lowest BCUT2D eigenvalue weighted by atomic mass is 10.1. The fourth-order valence-corrected chi connectivity index (χ4v) is 1.93. The van der Waals surface area contributed by atoms with Crippen molar-refractivity contribution in [1.82, 2.24) is 9.97 Å². The fraction of sp³-hybridized carbons (Fsp3) is 0.375. The summed E-state index contributed by atoms with van der Waals surface area (Å²) in [6.45, 7) is 5.43. The van der Waals surface area contributed by atoms with Crippen molar-refractivity contribution < 1.29 is 17.9 Å². The average molecular weight is 340 g/mol. The zero-order valence-corrected chi connectivity index (χ0v) is 13.8. The van der Waals surface area contributed by atoms with E-state index in [9.17, 15) is 13.2 Å². The van der Waals surface area contributed by atoms with Crippen molar-refractivity contribution in [3.8, 4) is 5.75 Å². The molecule has 2 N–H and O–H groups in total. The van der Waals surface area contributed by atoms with Crippen LogP contribution in [0.15, 0.2) is 30.3 Å². The van der Waals surface area contributed by atoms with Crippen molar-refractivity contribution in [3.63, 3.8) is 0 Å². The Labute approximate surface area is 138 Å². The summed E-state index contributed by atoms with van der Waals surface area (Å²) in [6, 6.07) is 7.75. The molecule has 0 fully saturated rings. The van der Waals surface area contributed by atoms with Crippen molar-refractivity contribution in [2.45, 2.75) is 32.5 Å². The van der Waals surface area contributed by atoms with E-state index in [0.717, 1.165) is 6.07 Å². The minimum absolute atomic E-state index is 0.0218. The Morgan fingerprint density at radius 1 is 1.04 bits per heavy atom. The Hall–Kier alpha value is -2.51. The molecular weight excluding hydrogens is 321 g/mol. The zero-order valence-electron chi connectivity index (χ0n) is 13.8. The molecule has 2 aromatic rings. The predicted molar refractivity (Wildman–Crippen MR) is 86.7 cm³/mol. The zero-order chi connectivity index (χ0) is 18.0. The number of benzene rings is 1. The lowest BCUT2D eigenvalue weighted by Gasteiger charge is -2.22. The third-order valence-corrected chi connectivity index (χ3v) is 2.87. The van der Waals surface area contributed by atoms with Crippen LogP contribution < -0.4 is 15.4 Å². The van der Waals surface area contributed by atoms with Crippen molar-refractivity contribution in [3.05, 3.63) is 36.0 Å².